The number of aromatic nitrogens is 3. The maximum absolute atomic E-state index is 12.4. The highest BCUT2D eigenvalue weighted by molar-refractivity contribution is 5.55. The maximum Gasteiger partial charge on any atom is 0.299 e. The number of alkyl halides is 2. The molecule has 0 unspecified atom stereocenters. The van der Waals surface area contributed by atoms with Gasteiger partial charge < -0.3 is 10.5 Å². The summed E-state index contributed by atoms with van der Waals surface area (Å²) in [5.74, 6) is -0.0837. The van der Waals surface area contributed by atoms with Crippen molar-refractivity contribution >= 4 is 5.69 Å². The van der Waals surface area contributed by atoms with Crippen molar-refractivity contribution in [3.63, 3.8) is 0 Å². The van der Waals surface area contributed by atoms with Crippen LogP contribution in [0, 0.1) is 0 Å². The zero-order chi connectivity index (χ0) is 12.4. The maximum atomic E-state index is 12.4. The predicted molar refractivity (Wildman–Crippen MR) is 57.3 cm³/mol. The van der Waals surface area contributed by atoms with Gasteiger partial charge >= 0.3 is 0 Å². The van der Waals surface area contributed by atoms with Crippen molar-refractivity contribution < 1.29 is 13.5 Å². The summed E-state index contributed by atoms with van der Waals surface area (Å²) in [5, 5.41) is 3.65. The highest BCUT2D eigenvalue weighted by Crippen LogP contribution is 2.25. The molecule has 0 bridgehead atoms. The Kier molecular flexibility index (Phi) is 2.90. The molecule has 0 radical (unpaired) electrons. The Labute approximate surface area is 95.8 Å². The van der Waals surface area contributed by atoms with Gasteiger partial charge in [-0.15, -0.1) is 5.10 Å². The minimum Gasteiger partial charge on any atom is -0.494 e. The van der Waals surface area contributed by atoms with E-state index in [1.165, 1.54) is 18.1 Å². The van der Waals surface area contributed by atoms with Gasteiger partial charge in [-0.1, -0.05) is 0 Å². The molecule has 0 atom stereocenters. The van der Waals surface area contributed by atoms with Crippen LogP contribution in [0.2, 0.25) is 0 Å². The molecule has 0 aliphatic heterocycles. The predicted octanol–water partition coefficient (Wildman–Crippen LogP) is 1.80. The standard InChI is InChI=1S/C10H10F2N4O/c1-17-8-4-6(13)2-3-7(8)16-5-14-10(15-16)9(11)12/h2-5,9H,13H2,1H3. The van der Waals surface area contributed by atoms with E-state index >= 15 is 0 Å². The number of hydrogen-bond acceptors (Lipinski definition) is 4. The normalized spacial score (nSPS) is 10.8. The van der Waals surface area contributed by atoms with E-state index in [0.717, 1.165) is 0 Å². The summed E-state index contributed by atoms with van der Waals surface area (Å²) in [5.41, 5.74) is 6.60. The van der Waals surface area contributed by atoms with E-state index in [2.05, 4.69) is 10.1 Å². The summed E-state index contributed by atoms with van der Waals surface area (Å²) < 4.78 is 31.0. The third-order valence-corrected chi connectivity index (χ3v) is 2.16. The number of benzene rings is 1. The highest BCUT2D eigenvalue weighted by Gasteiger charge is 2.14. The molecule has 2 rings (SSSR count). The monoisotopic (exact) mass is 240 g/mol. The molecule has 90 valence electrons. The average Bonchev–Trinajstić information content (AvgIpc) is 2.78. The average molecular weight is 240 g/mol. The van der Waals surface area contributed by atoms with Gasteiger partial charge in [0.25, 0.3) is 6.43 Å². The molecule has 1 aromatic heterocycles. The fraction of sp³-hybridized carbons (Fsp3) is 0.200. The van der Waals surface area contributed by atoms with Crippen LogP contribution >= 0.6 is 0 Å². The minimum atomic E-state index is -2.70. The van der Waals surface area contributed by atoms with Gasteiger partial charge in [0.2, 0.25) is 5.82 Å². The fourth-order valence-electron chi connectivity index (χ4n) is 1.38. The van der Waals surface area contributed by atoms with E-state index in [0.29, 0.717) is 17.1 Å². The SMILES string of the molecule is COc1cc(N)ccc1-n1cnc(C(F)F)n1. The van der Waals surface area contributed by atoms with Crippen molar-refractivity contribution in [2.75, 3.05) is 12.8 Å². The number of rotatable bonds is 3. The van der Waals surface area contributed by atoms with Gasteiger partial charge in [-0.2, -0.15) is 0 Å². The topological polar surface area (TPSA) is 66.0 Å². The summed E-state index contributed by atoms with van der Waals surface area (Å²) in [7, 11) is 1.46. The lowest BCUT2D eigenvalue weighted by Crippen LogP contribution is -2.00. The Morgan fingerprint density at radius 2 is 2.18 bits per heavy atom. The van der Waals surface area contributed by atoms with Crippen molar-refractivity contribution in [2.45, 2.75) is 6.43 Å². The van der Waals surface area contributed by atoms with Crippen molar-refractivity contribution in [2.24, 2.45) is 0 Å². The van der Waals surface area contributed by atoms with Crippen LogP contribution in [0.3, 0.4) is 0 Å². The zero-order valence-corrected chi connectivity index (χ0v) is 8.97. The van der Waals surface area contributed by atoms with E-state index in [1.807, 2.05) is 0 Å². The number of nitrogens with zero attached hydrogens (tertiary/aromatic N) is 3. The Morgan fingerprint density at radius 1 is 1.41 bits per heavy atom. The molecule has 0 saturated heterocycles. The molecule has 0 fully saturated rings. The van der Waals surface area contributed by atoms with Gasteiger partial charge in [0, 0.05) is 11.8 Å². The molecule has 17 heavy (non-hydrogen) atoms. The molecule has 0 spiro atoms. The number of hydrogen-bond donors (Lipinski definition) is 1. The van der Waals surface area contributed by atoms with E-state index in [1.54, 1.807) is 18.2 Å². The first-order chi connectivity index (χ1) is 8.11. The van der Waals surface area contributed by atoms with Gasteiger partial charge in [0.15, 0.2) is 0 Å². The van der Waals surface area contributed by atoms with Gasteiger partial charge in [-0.05, 0) is 12.1 Å². The van der Waals surface area contributed by atoms with Crippen molar-refractivity contribution in [1.82, 2.24) is 14.8 Å². The number of halogens is 2. The van der Waals surface area contributed by atoms with Gasteiger partial charge in [-0.25, -0.2) is 18.4 Å². The Balaban J connectivity index is 2.44. The second-order valence-electron chi connectivity index (χ2n) is 3.28. The number of ether oxygens (including phenoxy) is 1. The first-order valence-corrected chi connectivity index (χ1v) is 4.75. The van der Waals surface area contributed by atoms with Gasteiger partial charge in [-0.3, -0.25) is 0 Å². The van der Waals surface area contributed by atoms with Crippen LogP contribution in [0.4, 0.5) is 14.5 Å². The molecule has 7 heteroatoms. The van der Waals surface area contributed by atoms with Crippen LogP contribution in [-0.4, -0.2) is 21.9 Å². The second-order valence-corrected chi connectivity index (χ2v) is 3.28. The van der Waals surface area contributed by atoms with E-state index < -0.39 is 12.2 Å². The molecule has 1 heterocycles. The van der Waals surface area contributed by atoms with Crippen LogP contribution in [0.1, 0.15) is 12.2 Å². The summed E-state index contributed by atoms with van der Waals surface area (Å²) in [6, 6.07) is 4.83. The zero-order valence-electron chi connectivity index (χ0n) is 8.97. The van der Waals surface area contributed by atoms with E-state index in [-0.39, 0.29) is 0 Å². The molecule has 0 aliphatic rings. The largest absolute Gasteiger partial charge is 0.494 e. The van der Waals surface area contributed by atoms with E-state index in [9.17, 15) is 8.78 Å². The molecule has 2 aromatic rings. The molecular formula is C10H10F2N4O. The molecule has 2 N–H and O–H groups in total. The smallest absolute Gasteiger partial charge is 0.299 e. The molecule has 1 aromatic carbocycles. The first-order valence-electron chi connectivity index (χ1n) is 4.75. The minimum absolute atomic E-state index is 0.440. The van der Waals surface area contributed by atoms with Crippen LogP contribution in [0.5, 0.6) is 5.75 Å². The fourth-order valence-corrected chi connectivity index (χ4v) is 1.38. The molecule has 5 nitrogen and oxygen atoms in total. The van der Waals surface area contributed by atoms with Gasteiger partial charge in [0.1, 0.15) is 17.8 Å². The lowest BCUT2D eigenvalue weighted by atomic mass is 10.2. The molecule has 0 aliphatic carbocycles. The first kappa shape index (κ1) is 11.3. The highest BCUT2D eigenvalue weighted by atomic mass is 19.3. The molecular weight excluding hydrogens is 230 g/mol. The number of anilines is 1. The number of methoxy groups -OCH3 is 1. The third kappa shape index (κ3) is 2.17. The summed E-state index contributed by atoms with van der Waals surface area (Å²) in [6.45, 7) is 0. The molecule has 0 saturated carbocycles. The number of nitrogens with two attached hydrogens (primary N) is 1. The lowest BCUT2D eigenvalue weighted by molar-refractivity contribution is 0.140. The van der Waals surface area contributed by atoms with Crippen LogP contribution in [0.25, 0.3) is 5.69 Å². The van der Waals surface area contributed by atoms with Crippen molar-refractivity contribution in [3.8, 4) is 11.4 Å². The van der Waals surface area contributed by atoms with Gasteiger partial charge in [0.05, 0.1) is 7.11 Å². The lowest BCUT2D eigenvalue weighted by Gasteiger charge is -2.08. The summed E-state index contributed by atoms with van der Waals surface area (Å²) >= 11 is 0. The Morgan fingerprint density at radius 3 is 2.76 bits per heavy atom. The summed E-state index contributed by atoms with van der Waals surface area (Å²) in [6.07, 6.45) is -1.49. The van der Waals surface area contributed by atoms with Crippen molar-refractivity contribution in [3.05, 3.63) is 30.4 Å². The third-order valence-electron chi connectivity index (χ3n) is 2.16. The van der Waals surface area contributed by atoms with Crippen LogP contribution < -0.4 is 10.5 Å². The quantitative estimate of drug-likeness (QED) is 0.831. The van der Waals surface area contributed by atoms with Crippen LogP contribution in [-0.2, 0) is 0 Å². The number of nitrogen functional groups attached to an aromatic ring is 1. The van der Waals surface area contributed by atoms with Crippen molar-refractivity contribution in [1.29, 1.82) is 0 Å². The second kappa shape index (κ2) is 4.36. The van der Waals surface area contributed by atoms with E-state index in [4.69, 9.17) is 10.5 Å². The summed E-state index contributed by atoms with van der Waals surface area (Å²) in [4.78, 5) is 3.50. The molecule has 0 amide bonds. The Hall–Kier alpha value is -2.18. The Bertz CT molecular complexity index is 527. The van der Waals surface area contributed by atoms with Crippen LogP contribution in [0.15, 0.2) is 24.5 Å².